The molecule has 3 atom stereocenters. The van der Waals surface area contributed by atoms with Gasteiger partial charge in [0.25, 0.3) is 0 Å². The first-order chi connectivity index (χ1) is 8.49. The lowest BCUT2D eigenvalue weighted by Crippen LogP contribution is -2.36. The van der Waals surface area contributed by atoms with Gasteiger partial charge in [-0.3, -0.25) is 0 Å². The largest absolute Gasteiger partial charge is 0.319 e. The van der Waals surface area contributed by atoms with E-state index in [1.54, 1.807) is 0 Å². The van der Waals surface area contributed by atoms with Crippen molar-refractivity contribution < 1.29 is 0 Å². The van der Waals surface area contributed by atoms with E-state index in [1.807, 2.05) is 0 Å². The SMILES string of the molecule is CCSCCC1CC(C(C)(C)C)CCC1CNC. The summed E-state index contributed by atoms with van der Waals surface area (Å²) in [6.45, 7) is 10.8. The molecule has 2 heteroatoms. The molecule has 0 aromatic rings. The summed E-state index contributed by atoms with van der Waals surface area (Å²) in [6, 6.07) is 0. The Hall–Kier alpha value is 0.310. The minimum absolute atomic E-state index is 0.501. The molecule has 1 nitrogen and oxygen atoms in total. The topological polar surface area (TPSA) is 12.0 Å². The van der Waals surface area contributed by atoms with Crippen molar-refractivity contribution in [3.63, 3.8) is 0 Å². The van der Waals surface area contributed by atoms with Crippen molar-refractivity contribution in [2.45, 2.75) is 53.4 Å². The van der Waals surface area contributed by atoms with Gasteiger partial charge in [-0.2, -0.15) is 11.8 Å². The van der Waals surface area contributed by atoms with Crippen molar-refractivity contribution >= 4 is 11.8 Å². The number of hydrogen-bond acceptors (Lipinski definition) is 2. The maximum absolute atomic E-state index is 3.40. The molecule has 1 aliphatic rings. The van der Waals surface area contributed by atoms with Gasteiger partial charge in [-0.05, 0) is 74.0 Å². The van der Waals surface area contributed by atoms with Crippen LogP contribution in [0.4, 0.5) is 0 Å². The summed E-state index contributed by atoms with van der Waals surface area (Å²) in [7, 11) is 2.10. The molecule has 1 aliphatic carbocycles. The smallest absolute Gasteiger partial charge is 0.00209 e. The molecule has 0 saturated heterocycles. The molecule has 1 N–H and O–H groups in total. The lowest BCUT2D eigenvalue weighted by Gasteiger charge is -2.42. The van der Waals surface area contributed by atoms with E-state index in [9.17, 15) is 0 Å². The Labute approximate surface area is 119 Å². The predicted octanol–water partition coefficient (Wildman–Crippen LogP) is 4.43. The summed E-state index contributed by atoms with van der Waals surface area (Å²) in [5, 5.41) is 3.40. The van der Waals surface area contributed by atoms with Crippen LogP contribution in [0.25, 0.3) is 0 Å². The van der Waals surface area contributed by atoms with Gasteiger partial charge in [-0.25, -0.2) is 0 Å². The summed E-state index contributed by atoms with van der Waals surface area (Å²) in [5.74, 6) is 5.44. The Morgan fingerprint density at radius 1 is 1.17 bits per heavy atom. The molecule has 1 saturated carbocycles. The lowest BCUT2D eigenvalue weighted by molar-refractivity contribution is 0.0966. The summed E-state index contributed by atoms with van der Waals surface area (Å²) < 4.78 is 0. The monoisotopic (exact) mass is 271 g/mol. The molecule has 0 bridgehead atoms. The molecule has 108 valence electrons. The summed E-state index contributed by atoms with van der Waals surface area (Å²) in [4.78, 5) is 0. The van der Waals surface area contributed by atoms with E-state index in [4.69, 9.17) is 0 Å². The Balaban J connectivity index is 2.52. The highest BCUT2D eigenvalue weighted by Gasteiger charge is 2.35. The summed E-state index contributed by atoms with van der Waals surface area (Å²) in [5.41, 5.74) is 0.501. The van der Waals surface area contributed by atoms with Gasteiger partial charge in [0.15, 0.2) is 0 Å². The van der Waals surface area contributed by atoms with Crippen LogP contribution in [0.2, 0.25) is 0 Å². The molecule has 0 radical (unpaired) electrons. The van der Waals surface area contributed by atoms with Gasteiger partial charge in [0.2, 0.25) is 0 Å². The molecule has 0 heterocycles. The van der Waals surface area contributed by atoms with E-state index in [0.29, 0.717) is 5.41 Å². The first-order valence-corrected chi connectivity index (χ1v) is 8.86. The van der Waals surface area contributed by atoms with Crippen LogP contribution in [-0.2, 0) is 0 Å². The molecule has 0 aromatic heterocycles. The van der Waals surface area contributed by atoms with E-state index in [2.05, 4.69) is 51.8 Å². The maximum Gasteiger partial charge on any atom is -0.00209 e. The third-order valence-corrected chi connectivity index (χ3v) is 5.60. The average Bonchev–Trinajstić information content (AvgIpc) is 2.30. The van der Waals surface area contributed by atoms with Crippen LogP contribution in [0.5, 0.6) is 0 Å². The number of thioether (sulfide) groups is 1. The Morgan fingerprint density at radius 3 is 2.44 bits per heavy atom. The molecule has 0 aliphatic heterocycles. The molecule has 0 spiro atoms. The quantitative estimate of drug-likeness (QED) is 0.717. The first-order valence-electron chi connectivity index (χ1n) is 7.71. The van der Waals surface area contributed by atoms with Crippen LogP contribution in [-0.4, -0.2) is 25.1 Å². The van der Waals surface area contributed by atoms with Gasteiger partial charge in [0.05, 0.1) is 0 Å². The van der Waals surface area contributed by atoms with E-state index in [-0.39, 0.29) is 0 Å². The van der Waals surface area contributed by atoms with Crippen LogP contribution in [0.3, 0.4) is 0 Å². The highest BCUT2D eigenvalue weighted by Crippen LogP contribution is 2.43. The third kappa shape index (κ3) is 5.13. The van der Waals surface area contributed by atoms with Gasteiger partial charge < -0.3 is 5.32 Å². The minimum atomic E-state index is 0.501. The van der Waals surface area contributed by atoms with Crippen molar-refractivity contribution in [3.8, 4) is 0 Å². The standard InChI is InChI=1S/C16H33NS/c1-6-18-10-9-13-11-15(16(2,3)4)8-7-14(13)12-17-5/h13-15,17H,6-12H2,1-5H3. The van der Waals surface area contributed by atoms with Crippen LogP contribution in [0.15, 0.2) is 0 Å². The summed E-state index contributed by atoms with van der Waals surface area (Å²) >= 11 is 2.11. The zero-order valence-corrected chi connectivity index (χ0v) is 13.9. The van der Waals surface area contributed by atoms with Crippen LogP contribution >= 0.6 is 11.8 Å². The number of rotatable bonds is 6. The Kier molecular flexibility index (Phi) is 7.08. The van der Waals surface area contributed by atoms with Crippen molar-refractivity contribution in [1.82, 2.24) is 5.32 Å². The highest BCUT2D eigenvalue weighted by molar-refractivity contribution is 7.99. The van der Waals surface area contributed by atoms with E-state index >= 15 is 0 Å². The van der Waals surface area contributed by atoms with Crippen molar-refractivity contribution in [2.75, 3.05) is 25.1 Å². The highest BCUT2D eigenvalue weighted by atomic mass is 32.2. The van der Waals surface area contributed by atoms with Gasteiger partial charge in [-0.1, -0.05) is 27.7 Å². The van der Waals surface area contributed by atoms with Crippen molar-refractivity contribution in [2.24, 2.45) is 23.2 Å². The normalized spacial score (nSPS) is 29.5. The molecule has 3 unspecified atom stereocenters. The van der Waals surface area contributed by atoms with Crippen LogP contribution in [0, 0.1) is 23.2 Å². The van der Waals surface area contributed by atoms with Crippen LogP contribution < -0.4 is 5.32 Å². The van der Waals surface area contributed by atoms with Crippen molar-refractivity contribution in [3.05, 3.63) is 0 Å². The fourth-order valence-corrected chi connectivity index (χ4v) is 4.13. The second-order valence-electron chi connectivity index (χ2n) is 6.94. The van der Waals surface area contributed by atoms with Gasteiger partial charge in [0.1, 0.15) is 0 Å². The third-order valence-electron chi connectivity index (χ3n) is 4.67. The lowest BCUT2D eigenvalue weighted by atomic mass is 9.65. The fourth-order valence-electron chi connectivity index (χ4n) is 3.38. The Bertz CT molecular complexity index is 222. The van der Waals surface area contributed by atoms with Gasteiger partial charge in [-0.15, -0.1) is 0 Å². The molecule has 18 heavy (non-hydrogen) atoms. The van der Waals surface area contributed by atoms with Crippen LogP contribution in [0.1, 0.15) is 53.4 Å². The second kappa shape index (κ2) is 7.79. The zero-order chi connectivity index (χ0) is 13.6. The maximum atomic E-state index is 3.40. The Morgan fingerprint density at radius 2 is 1.89 bits per heavy atom. The molecule has 0 aromatic carbocycles. The van der Waals surface area contributed by atoms with E-state index in [0.717, 1.165) is 17.8 Å². The van der Waals surface area contributed by atoms with Crippen molar-refractivity contribution in [1.29, 1.82) is 0 Å². The molecular weight excluding hydrogens is 238 g/mol. The summed E-state index contributed by atoms with van der Waals surface area (Å²) in [6.07, 6.45) is 5.76. The molecule has 1 fully saturated rings. The van der Waals surface area contributed by atoms with E-state index in [1.165, 1.54) is 43.7 Å². The van der Waals surface area contributed by atoms with E-state index < -0.39 is 0 Å². The molecule has 1 rings (SSSR count). The van der Waals surface area contributed by atoms with Gasteiger partial charge >= 0.3 is 0 Å². The molecule has 0 amide bonds. The number of hydrogen-bond donors (Lipinski definition) is 1. The number of nitrogens with one attached hydrogen (secondary N) is 1. The zero-order valence-electron chi connectivity index (χ0n) is 13.1. The fraction of sp³-hybridized carbons (Fsp3) is 1.00. The molecular formula is C16H33NS. The second-order valence-corrected chi connectivity index (χ2v) is 8.33. The first kappa shape index (κ1) is 16.4. The predicted molar refractivity (Wildman–Crippen MR) is 85.3 cm³/mol. The average molecular weight is 272 g/mol. The van der Waals surface area contributed by atoms with Gasteiger partial charge in [0, 0.05) is 0 Å². The minimum Gasteiger partial charge on any atom is -0.319 e.